The SMILES string of the molecule is c1ccc(-n2c3ccccc3c3cc(-c4cc5sc6ccccc6c5c5c4c4ccccc4n5-c4ccccc4)ccc32)cc1. The summed E-state index contributed by atoms with van der Waals surface area (Å²) in [6.45, 7) is 0. The Labute approximate surface area is 263 Å². The number of hydrogen-bond donors (Lipinski definition) is 0. The molecule has 3 heterocycles. The molecule has 0 radical (unpaired) electrons. The van der Waals surface area contributed by atoms with E-state index < -0.39 is 0 Å². The average molecular weight is 591 g/mol. The number of fused-ring (bicyclic) bond motifs is 10. The first kappa shape index (κ1) is 24.8. The zero-order chi connectivity index (χ0) is 29.5. The third kappa shape index (κ3) is 3.50. The lowest BCUT2D eigenvalue weighted by atomic mass is 9.96. The first-order valence-corrected chi connectivity index (χ1v) is 16.2. The molecule has 0 fully saturated rings. The fraction of sp³-hybridized carbons (Fsp3) is 0. The fourth-order valence-electron chi connectivity index (χ4n) is 7.43. The van der Waals surface area contributed by atoms with E-state index >= 15 is 0 Å². The van der Waals surface area contributed by atoms with Gasteiger partial charge in [-0.2, -0.15) is 0 Å². The third-order valence-electron chi connectivity index (χ3n) is 9.29. The minimum atomic E-state index is 1.18. The summed E-state index contributed by atoms with van der Waals surface area (Å²) < 4.78 is 7.50. The van der Waals surface area contributed by atoms with Gasteiger partial charge in [-0.15, -0.1) is 11.3 Å². The van der Waals surface area contributed by atoms with Gasteiger partial charge in [0.05, 0.1) is 22.1 Å². The number of benzene rings is 7. The summed E-state index contributed by atoms with van der Waals surface area (Å²) in [5.74, 6) is 0. The highest BCUT2D eigenvalue weighted by Gasteiger charge is 2.22. The topological polar surface area (TPSA) is 9.86 Å². The Morgan fingerprint density at radius 3 is 1.71 bits per heavy atom. The van der Waals surface area contributed by atoms with Crippen molar-refractivity contribution in [2.24, 2.45) is 0 Å². The second kappa shape index (κ2) is 9.43. The maximum Gasteiger partial charge on any atom is 0.0640 e. The number of aromatic nitrogens is 2. The van der Waals surface area contributed by atoms with E-state index in [1.807, 2.05) is 11.3 Å². The van der Waals surface area contributed by atoms with Gasteiger partial charge in [-0.1, -0.05) is 97.1 Å². The van der Waals surface area contributed by atoms with E-state index in [0.717, 1.165) is 0 Å². The molecule has 0 aliphatic carbocycles. The lowest BCUT2D eigenvalue weighted by molar-refractivity contribution is 1.18. The second-order valence-corrected chi connectivity index (χ2v) is 12.8. The third-order valence-corrected chi connectivity index (χ3v) is 10.4. The molecular weight excluding hydrogens is 565 g/mol. The molecule has 0 aliphatic rings. The molecule has 10 rings (SSSR count). The highest BCUT2D eigenvalue weighted by molar-refractivity contribution is 7.26. The zero-order valence-electron chi connectivity index (χ0n) is 24.3. The highest BCUT2D eigenvalue weighted by atomic mass is 32.1. The molecule has 0 saturated heterocycles. The number of nitrogens with zero attached hydrogens (tertiary/aromatic N) is 2. The molecule has 3 aromatic heterocycles. The zero-order valence-corrected chi connectivity index (χ0v) is 25.1. The summed E-state index contributed by atoms with van der Waals surface area (Å²) in [5.41, 5.74) is 9.81. The maximum atomic E-state index is 2.48. The van der Waals surface area contributed by atoms with Gasteiger partial charge in [-0.3, -0.25) is 0 Å². The minimum absolute atomic E-state index is 1.18. The molecule has 0 unspecified atom stereocenters. The van der Waals surface area contributed by atoms with Gasteiger partial charge in [-0.25, -0.2) is 0 Å². The molecule has 0 spiro atoms. The van der Waals surface area contributed by atoms with Gasteiger partial charge in [0.25, 0.3) is 0 Å². The average Bonchev–Trinajstić information content (AvgIpc) is 3.76. The maximum absolute atomic E-state index is 2.48. The number of para-hydroxylation sites is 4. The van der Waals surface area contributed by atoms with Crippen LogP contribution < -0.4 is 0 Å². The van der Waals surface area contributed by atoms with Crippen molar-refractivity contribution in [3.8, 4) is 22.5 Å². The van der Waals surface area contributed by atoms with Gasteiger partial charge in [0, 0.05) is 53.1 Å². The first-order valence-electron chi connectivity index (χ1n) is 15.4. The Morgan fingerprint density at radius 1 is 0.378 bits per heavy atom. The number of thiophene rings is 1. The molecule has 0 amide bonds. The number of hydrogen-bond acceptors (Lipinski definition) is 1. The lowest BCUT2D eigenvalue weighted by Gasteiger charge is -2.12. The molecule has 0 bridgehead atoms. The second-order valence-electron chi connectivity index (χ2n) is 11.7. The quantitative estimate of drug-likeness (QED) is 0.194. The van der Waals surface area contributed by atoms with Crippen LogP contribution in [-0.2, 0) is 0 Å². The predicted molar refractivity (Wildman–Crippen MR) is 193 cm³/mol. The van der Waals surface area contributed by atoms with E-state index in [9.17, 15) is 0 Å². The normalized spacial score (nSPS) is 12.0. The standard InChI is InChI=1S/C42H26N2S/c1-3-13-28(14-4-1)43-35-20-10-7-17-30(35)34-25-27(23-24-37(34)43)33-26-39-41(32-19-9-12-22-38(32)45-39)42-40(33)31-18-8-11-21-36(31)44(42)29-15-5-2-6-16-29/h1-26H. The van der Waals surface area contributed by atoms with Crippen LogP contribution in [0.4, 0.5) is 0 Å². The van der Waals surface area contributed by atoms with Crippen molar-refractivity contribution >= 4 is 75.1 Å². The Morgan fingerprint density at radius 2 is 0.956 bits per heavy atom. The van der Waals surface area contributed by atoms with E-state index in [0.29, 0.717) is 0 Å². The van der Waals surface area contributed by atoms with Crippen molar-refractivity contribution in [2.75, 3.05) is 0 Å². The Balaban J connectivity index is 1.37. The van der Waals surface area contributed by atoms with Crippen LogP contribution in [0.5, 0.6) is 0 Å². The Kier molecular flexibility index (Phi) is 5.19. The fourth-order valence-corrected chi connectivity index (χ4v) is 8.58. The van der Waals surface area contributed by atoms with Crippen LogP contribution in [-0.4, -0.2) is 9.13 Å². The van der Waals surface area contributed by atoms with E-state index in [-0.39, 0.29) is 0 Å². The van der Waals surface area contributed by atoms with Crippen LogP contribution in [0, 0.1) is 0 Å². The molecule has 210 valence electrons. The van der Waals surface area contributed by atoms with Crippen molar-refractivity contribution in [2.45, 2.75) is 0 Å². The monoisotopic (exact) mass is 590 g/mol. The van der Waals surface area contributed by atoms with Crippen molar-refractivity contribution < 1.29 is 0 Å². The molecule has 0 N–H and O–H groups in total. The predicted octanol–water partition coefficient (Wildman–Crippen LogP) is 11.9. The molecule has 45 heavy (non-hydrogen) atoms. The minimum Gasteiger partial charge on any atom is -0.309 e. The van der Waals surface area contributed by atoms with Crippen LogP contribution in [0.2, 0.25) is 0 Å². The van der Waals surface area contributed by atoms with Gasteiger partial charge in [-0.05, 0) is 71.8 Å². The van der Waals surface area contributed by atoms with Gasteiger partial charge in [0.2, 0.25) is 0 Å². The van der Waals surface area contributed by atoms with Crippen LogP contribution in [0.15, 0.2) is 158 Å². The largest absolute Gasteiger partial charge is 0.309 e. The van der Waals surface area contributed by atoms with Crippen LogP contribution >= 0.6 is 11.3 Å². The van der Waals surface area contributed by atoms with Crippen LogP contribution in [0.3, 0.4) is 0 Å². The molecule has 10 aromatic rings. The summed E-state index contributed by atoms with van der Waals surface area (Å²) in [7, 11) is 0. The van der Waals surface area contributed by atoms with Crippen molar-refractivity contribution in [1.82, 2.24) is 9.13 Å². The van der Waals surface area contributed by atoms with Crippen molar-refractivity contribution in [3.63, 3.8) is 0 Å². The van der Waals surface area contributed by atoms with Gasteiger partial charge in [0.15, 0.2) is 0 Å². The van der Waals surface area contributed by atoms with Crippen molar-refractivity contribution in [1.29, 1.82) is 0 Å². The van der Waals surface area contributed by atoms with E-state index in [1.165, 1.54) is 86.3 Å². The smallest absolute Gasteiger partial charge is 0.0640 e. The summed E-state index contributed by atoms with van der Waals surface area (Å²) in [6.07, 6.45) is 0. The Bertz CT molecular complexity index is 2740. The molecule has 0 saturated carbocycles. The molecular formula is C42H26N2S. The molecule has 0 atom stereocenters. The summed E-state index contributed by atoms with van der Waals surface area (Å²) in [6, 6.07) is 57.5. The van der Waals surface area contributed by atoms with Gasteiger partial charge in [0.1, 0.15) is 0 Å². The van der Waals surface area contributed by atoms with Crippen molar-refractivity contribution in [3.05, 3.63) is 158 Å². The number of rotatable bonds is 3. The van der Waals surface area contributed by atoms with Crippen LogP contribution in [0.25, 0.3) is 86.3 Å². The summed E-state index contributed by atoms with van der Waals surface area (Å²) in [5, 5.41) is 7.76. The van der Waals surface area contributed by atoms with E-state index in [4.69, 9.17) is 0 Å². The molecule has 0 aliphatic heterocycles. The summed E-state index contributed by atoms with van der Waals surface area (Å²) >= 11 is 1.89. The lowest BCUT2D eigenvalue weighted by Crippen LogP contribution is -1.94. The van der Waals surface area contributed by atoms with Crippen LogP contribution in [0.1, 0.15) is 0 Å². The van der Waals surface area contributed by atoms with Gasteiger partial charge >= 0.3 is 0 Å². The first-order chi connectivity index (χ1) is 22.3. The molecule has 3 heteroatoms. The van der Waals surface area contributed by atoms with E-state index in [2.05, 4.69) is 167 Å². The Hall–Kier alpha value is -5.64. The summed E-state index contributed by atoms with van der Waals surface area (Å²) in [4.78, 5) is 0. The highest BCUT2D eigenvalue weighted by Crippen LogP contribution is 2.48. The van der Waals surface area contributed by atoms with E-state index in [1.54, 1.807) is 0 Å². The molecule has 2 nitrogen and oxygen atoms in total. The van der Waals surface area contributed by atoms with Gasteiger partial charge < -0.3 is 9.13 Å². The molecule has 7 aromatic carbocycles.